The topological polar surface area (TPSA) is 54.6 Å². The first-order valence-corrected chi connectivity index (χ1v) is 7.33. The number of rotatable bonds is 3. The quantitative estimate of drug-likeness (QED) is 0.798. The van der Waals surface area contributed by atoms with Crippen LogP contribution in [0.5, 0.6) is 0 Å². The summed E-state index contributed by atoms with van der Waals surface area (Å²) < 4.78 is 1.87. The molecule has 21 heavy (non-hydrogen) atoms. The normalized spacial score (nSPS) is 11.5. The molecule has 0 saturated heterocycles. The van der Waals surface area contributed by atoms with Gasteiger partial charge in [0, 0.05) is 11.9 Å². The van der Waals surface area contributed by atoms with Gasteiger partial charge in [0.2, 0.25) is 0 Å². The van der Waals surface area contributed by atoms with Crippen LogP contribution in [-0.2, 0) is 0 Å². The minimum absolute atomic E-state index is 0.310. The highest BCUT2D eigenvalue weighted by atomic mass is 32.1. The molecular weight excluding hydrogens is 284 g/mol. The molecule has 1 N–H and O–H groups in total. The summed E-state index contributed by atoms with van der Waals surface area (Å²) in [6.07, 6.45) is 5.51. The lowest BCUT2D eigenvalue weighted by atomic mass is 10.1. The monoisotopic (exact) mass is 298 g/mol. The van der Waals surface area contributed by atoms with Gasteiger partial charge >= 0.3 is 5.97 Å². The van der Waals surface area contributed by atoms with Gasteiger partial charge in [-0.2, -0.15) is 0 Å². The number of fused-ring (bicyclic) bond motifs is 1. The molecule has 2 heterocycles. The number of hydrogen-bond donors (Lipinski definition) is 1. The van der Waals surface area contributed by atoms with Crippen molar-refractivity contribution in [1.82, 2.24) is 9.38 Å². The van der Waals surface area contributed by atoms with Crippen LogP contribution in [0.3, 0.4) is 0 Å². The van der Waals surface area contributed by atoms with Crippen molar-refractivity contribution in [2.24, 2.45) is 0 Å². The molecule has 0 atom stereocenters. The molecule has 0 aliphatic heterocycles. The minimum atomic E-state index is -0.923. The highest BCUT2D eigenvalue weighted by Gasteiger charge is 2.17. The average molecular weight is 298 g/mol. The van der Waals surface area contributed by atoms with Crippen LogP contribution in [0, 0.1) is 13.8 Å². The van der Waals surface area contributed by atoms with E-state index in [1.807, 2.05) is 54.7 Å². The largest absolute Gasteiger partial charge is 0.477 e. The summed E-state index contributed by atoms with van der Waals surface area (Å²) in [4.78, 5) is 16.6. The lowest BCUT2D eigenvalue weighted by Crippen LogP contribution is -1.98. The molecule has 4 nitrogen and oxygen atoms in total. The van der Waals surface area contributed by atoms with Crippen LogP contribution < -0.4 is 0 Å². The Hall–Kier alpha value is -2.40. The molecule has 2 aromatic heterocycles. The highest BCUT2D eigenvalue weighted by Crippen LogP contribution is 2.26. The summed E-state index contributed by atoms with van der Waals surface area (Å²) in [6, 6.07) is 8.08. The smallest absolute Gasteiger partial charge is 0.348 e. The van der Waals surface area contributed by atoms with E-state index in [4.69, 9.17) is 0 Å². The number of hydrogen-bond acceptors (Lipinski definition) is 3. The second kappa shape index (κ2) is 5.18. The Morgan fingerprint density at radius 1 is 1.24 bits per heavy atom. The standard InChI is InChI=1S/C16H14N2O2S/c1-10-3-5-12(6-4-10)7-8-13-14(15(19)20)21-16-17-9-11(2)18(13)16/h3-9H,1-2H3,(H,19,20)/b8-7+. The van der Waals surface area contributed by atoms with Gasteiger partial charge in [-0.1, -0.05) is 47.2 Å². The molecule has 106 valence electrons. The molecule has 0 aliphatic carbocycles. The number of aromatic carboxylic acids is 1. The molecule has 0 saturated carbocycles. The van der Waals surface area contributed by atoms with Gasteiger partial charge in [-0.15, -0.1) is 0 Å². The molecule has 3 rings (SSSR count). The van der Waals surface area contributed by atoms with Crippen molar-refractivity contribution in [2.45, 2.75) is 13.8 Å². The molecule has 0 bridgehead atoms. The van der Waals surface area contributed by atoms with E-state index in [0.29, 0.717) is 15.5 Å². The zero-order valence-electron chi connectivity index (χ0n) is 11.7. The third-order valence-electron chi connectivity index (χ3n) is 3.28. The maximum Gasteiger partial charge on any atom is 0.348 e. The first-order chi connectivity index (χ1) is 10.1. The summed E-state index contributed by atoms with van der Waals surface area (Å²) in [6.45, 7) is 3.95. The first-order valence-electron chi connectivity index (χ1n) is 6.51. The van der Waals surface area contributed by atoms with Crippen LogP contribution >= 0.6 is 11.3 Å². The Balaban J connectivity index is 2.09. The van der Waals surface area contributed by atoms with Crippen molar-refractivity contribution < 1.29 is 9.90 Å². The van der Waals surface area contributed by atoms with Gasteiger partial charge in [0.15, 0.2) is 4.96 Å². The lowest BCUT2D eigenvalue weighted by molar-refractivity contribution is 0.0701. The average Bonchev–Trinajstić information content (AvgIpc) is 2.99. The van der Waals surface area contributed by atoms with Gasteiger partial charge in [0.1, 0.15) is 4.88 Å². The molecule has 5 heteroatoms. The van der Waals surface area contributed by atoms with Gasteiger partial charge in [0.25, 0.3) is 0 Å². The van der Waals surface area contributed by atoms with Crippen LogP contribution in [0.2, 0.25) is 0 Å². The van der Waals surface area contributed by atoms with Crippen molar-refractivity contribution >= 4 is 34.4 Å². The van der Waals surface area contributed by atoms with Gasteiger partial charge in [-0.05, 0) is 25.5 Å². The van der Waals surface area contributed by atoms with E-state index < -0.39 is 5.97 Å². The minimum Gasteiger partial charge on any atom is -0.477 e. The summed E-state index contributed by atoms with van der Waals surface area (Å²) in [7, 11) is 0. The van der Waals surface area contributed by atoms with E-state index in [-0.39, 0.29) is 0 Å². The van der Waals surface area contributed by atoms with Crippen LogP contribution in [0.1, 0.15) is 32.2 Å². The summed E-state index contributed by atoms with van der Waals surface area (Å²) in [5.41, 5.74) is 3.83. The van der Waals surface area contributed by atoms with Gasteiger partial charge in [-0.25, -0.2) is 9.78 Å². The van der Waals surface area contributed by atoms with Gasteiger partial charge < -0.3 is 5.11 Å². The Morgan fingerprint density at radius 2 is 1.95 bits per heavy atom. The number of imidazole rings is 1. The Labute approximate surface area is 126 Å². The fraction of sp³-hybridized carbons (Fsp3) is 0.125. The Bertz CT molecular complexity index is 841. The van der Waals surface area contributed by atoms with Crippen LogP contribution in [0.4, 0.5) is 0 Å². The fourth-order valence-electron chi connectivity index (χ4n) is 2.18. The number of carbonyl (C=O) groups is 1. The van der Waals surface area contributed by atoms with Crippen LogP contribution in [0.25, 0.3) is 17.1 Å². The Morgan fingerprint density at radius 3 is 2.62 bits per heavy atom. The van der Waals surface area contributed by atoms with Crippen molar-refractivity contribution in [3.8, 4) is 0 Å². The lowest BCUT2D eigenvalue weighted by Gasteiger charge is -1.98. The molecule has 3 aromatic rings. The van der Waals surface area contributed by atoms with E-state index >= 15 is 0 Å². The Kier molecular flexibility index (Phi) is 3.35. The molecule has 0 radical (unpaired) electrons. The fourth-order valence-corrected chi connectivity index (χ4v) is 3.15. The van der Waals surface area contributed by atoms with E-state index in [2.05, 4.69) is 4.98 Å². The maximum atomic E-state index is 11.4. The third-order valence-corrected chi connectivity index (χ3v) is 4.34. The SMILES string of the molecule is Cc1ccc(/C=C/c2c(C(=O)O)sc3ncc(C)n23)cc1. The predicted octanol–water partition coefficient (Wildman–Crippen LogP) is 3.88. The predicted molar refractivity (Wildman–Crippen MR) is 84.9 cm³/mol. The number of nitrogens with zero attached hydrogens (tertiary/aromatic N) is 2. The van der Waals surface area contributed by atoms with E-state index in [9.17, 15) is 9.90 Å². The molecule has 0 unspecified atom stereocenters. The molecule has 1 aromatic carbocycles. The first kappa shape index (κ1) is 13.6. The highest BCUT2D eigenvalue weighted by molar-refractivity contribution is 7.19. The van der Waals surface area contributed by atoms with Crippen LogP contribution in [-0.4, -0.2) is 20.5 Å². The summed E-state index contributed by atoms with van der Waals surface area (Å²) in [5, 5.41) is 9.34. The number of benzene rings is 1. The number of thiazole rings is 1. The van der Waals surface area contributed by atoms with E-state index in [1.54, 1.807) is 6.20 Å². The van der Waals surface area contributed by atoms with Crippen molar-refractivity contribution in [2.75, 3.05) is 0 Å². The van der Waals surface area contributed by atoms with Gasteiger partial charge in [0.05, 0.1) is 5.69 Å². The molecule has 0 fully saturated rings. The molecular formula is C16H14N2O2S. The number of carboxylic acids is 1. The molecule has 0 aliphatic rings. The van der Waals surface area contributed by atoms with E-state index in [0.717, 1.165) is 11.3 Å². The maximum absolute atomic E-state index is 11.4. The molecule has 0 amide bonds. The molecule has 0 spiro atoms. The van der Waals surface area contributed by atoms with Crippen molar-refractivity contribution in [3.63, 3.8) is 0 Å². The number of aromatic nitrogens is 2. The summed E-state index contributed by atoms with van der Waals surface area (Å²) >= 11 is 1.19. The van der Waals surface area contributed by atoms with Crippen LogP contribution in [0.15, 0.2) is 30.5 Å². The zero-order chi connectivity index (χ0) is 15.0. The zero-order valence-corrected chi connectivity index (χ0v) is 12.5. The second-order valence-corrected chi connectivity index (χ2v) is 5.86. The van der Waals surface area contributed by atoms with Crippen molar-refractivity contribution in [3.05, 3.63) is 57.9 Å². The summed E-state index contributed by atoms with van der Waals surface area (Å²) in [5.74, 6) is -0.923. The number of carboxylic acid groups (broad SMARTS) is 1. The second-order valence-electron chi connectivity index (χ2n) is 4.88. The number of aryl methyl sites for hydroxylation is 2. The van der Waals surface area contributed by atoms with Crippen molar-refractivity contribution in [1.29, 1.82) is 0 Å². The van der Waals surface area contributed by atoms with Gasteiger partial charge in [-0.3, -0.25) is 4.40 Å². The third kappa shape index (κ3) is 2.48. The van der Waals surface area contributed by atoms with E-state index in [1.165, 1.54) is 16.9 Å².